The maximum Gasteiger partial charge on any atom is 0.211 e. The lowest BCUT2D eigenvalue weighted by atomic mass is 9.77. The number of piperidine rings is 2. The second-order valence-electron chi connectivity index (χ2n) is 7.04. The highest BCUT2D eigenvalue weighted by molar-refractivity contribution is 7.88. The van der Waals surface area contributed by atoms with Crippen LogP contribution in [0.4, 0.5) is 0 Å². The van der Waals surface area contributed by atoms with Crippen molar-refractivity contribution in [1.82, 2.24) is 9.21 Å². The first kappa shape index (κ1) is 14.7. The first-order valence-corrected chi connectivity index (χ1v) is 10.2. The van der Waals surface area contributed by atoms with Gasteiger partial charge in [0.15, 0.2) is 0 Å². The molecule has 0 radical (unpaired) electrons. The zero-order valence-corrected chi connectivity index (χ0v) is 13.9. The molecule has 4 rings (SSSR count). The molecule has 3 heterocycles. The third-order valence-electron chi connectivity index (χ3n) is 5.75. The summed E-state index contributed by atoms with van der Waals surface area (Å²) in [6.45, 7) is 2.87. The molecule has 2 fully saturated rings. The van der Waals surface area contributed by atoms with E-state index in [2.05, 4.69) is 29.2 Å². The third kappa shape index (κ3) is 2.39. The van der Waals surface area contributed by atoms with Crippen molar-refractivity contribution in [2.24, 2.45) is 5.92 Å². The van der Waals surface area contributed by atoms with Crippen molar-refractivity contribution in [3.8, 4) is 0 Å². The van der Waals surface area contributed by atoms with Crippen molar-refractivity contribution >= 4 is 10.0 Å². The van der Waals surface area contributed by atoms with E-state index in [0.29, 0.717) is 18.5 Å². The number of hydrogen-bond acceptors (Lipinski definition) is 3. The molecule has 1 aromatic carbocycles. The third-order valence-corrected chi connectivity index (χ3v) is 7.06. The van der Waals surface area contributed by atoms with Gasteiger partial charge in [0.05, 0.1) is 6.26 Å². The monoisotopic (exact) mass is 320 g/mol. The molecule has 0 N–H and O–H groups in total. The molecule has 5 heteroatoms. The molecule has 1 aromatic rings. The number of hydrogen-bond donors (Lipinski definition) is 0. The second kappa shape index (κ2) is 5.32. The summed E-state index contributed by atoms with van der Waals surface area (Å²) in [5.41, 5.74) is 2.87. The van der Waals surface area contributed by atoms with Crippen LogP contribution in [0.1, 0.15) is 36.4 Å². The van der Waals surface area contributed by atoms with Gasteiger partial charge in [-0.25, -0.2) is 8.42 Å². The molecule has 3 atom stereocenters. The van der Waals surface area contributed by atoms with Crippen molar-refractivity contribution in [3.05, 3.63) is 35.4 Å². The van der Waals surface area contributed by atoms with Crippen LogP contribution in [0.15, 0.2) is 24.3 Å². The average molecular weight is 320 g/mol. The first-order chi connectivity index (χ1) is 10.5. The summed E-state index contributed by atoms with van der Waals surface area (Å²) in [6.07, 6.45) is 5.62. The fourth-order valence-electron chi connectivity index (χ4n) is 4.77. The van der Waals surface area contributed by atoms with E-state index in [1.807, 2.05) is 0 Å². The Morgan fingerprint density at radius 1 is 1.18 bits per heavy atom. The molecule has 0 amide bonds. The Bertz CT molecular complexity index is 673. The van der Waals surface area contributed by atoms with E-state index in [9.17, 15) is 8.42 Å². The van der Waals surface area contributed by atoms with E-state index in [4.69, 9.17) is 0 Å². The van der Waals surface area contributed by atoms with E-state index in [1.165, 1.54) is 23.8 Å². The Hall–Kier alpha value is -0.910. The van der Waals surface area contributed by atoms with Crippen LogP contribution >= 0.6 is 0 Å². The maximum absolute atomic E-state index is 12.2. The van der Waals surface area contributed by atoms with E-state index in [1.54, 1.807) is 4.31 Å². The molecule has 0 unspecified atom stereocenters. The van der Waals surface area contributed by atoms with E-state index in [-0.39, 0.29) is 6.04 Å². The first-order valence-electron chi connectivity index (χ1n) is 8.33. The summed E-state index contributed by atoms with van der Waals surface area (Å²) in [6, 6.07) is 9.28. The quantitative estimate of drug-likeness (QED) is 0.795. The zero-order chi connectivity index (χ0) is 15.3. The highest BCUT2D eigenvalue weighted by Crippen LogP contribution is 2.43. The van der Waals surface area contributed by atoms with Crippen LogP contribution in [0.5, 0.6) is 0 Å². The minimum absolute atomic E-state index is 0.191. The van der Waals surface area contributed by atoms with Crippen molar-refractivity contribution in [1.29, 1.82) is 0 Å². The molecule has 22 heavy (non-hydrogen) atoms. The Morgan fingerprint density at radius 3 is 2.82 bits per heavy atom. The number of benzene rings is 1. The van der Waals surface area contributed by atoms with Gasteiger partial charge in [-0.3, -0.25) is 4.90 Å². The summed E-state index contributed by atoms with van der Waals surface area (Å²) in [4.78, 5) is 2.59. The zero-order valence-electron chi connectivity index (χ0n) is 13.1. The molecule has 3 aliphatic rings. The van der Waals surface area contributed by atoms with Crippen LogP contribution in [-0.4, -0.2) is 49.6 Å². The molecule has 4 nitrogen and oxygen atoms in total. The van der Waals surface area contributed by atoms with Gasteiger partial charge in [-0.15, -0.1) is 0 Å². The van der Waals surface area contributed by atoms with Gasteiger partial charge >= 0.3 is 0 Å². The molecule has 0 bridgehead atoms. The summed E-state index contributed by atoms with van der Waals surface area (Å²) in [5.74, 6) is 0.505. The smallest absolute Gasteiger partial charge is 0.211 e. The van der Waals surface area contributed by atoms with Crippen LogP contribution < -0.4 is 0 Å². The van der Waals surface area contributed by atoms with E-state index >= 15 is 0 Å². The fraction of sp³-hybridized carbons (Fsp3) is 0.647. The van der Waals surface area contributed by atoms with Crippen molar-refractivity contribution in [3.63, 3.8) is 0 Å². The predicted molar refractivity (Wildman–Crippen MR) is 87.1 cm³/mol. The highest BCUT2D eigenvalue weighted by atomic mass is 32.2. The predicted octanol–water partition coefficient (Wildman–Crippen LogP) is 2.03. The van der Waals surface area contributed by atoms with Crippen molar-refractivity contribution < 1.29 is 8.42 Å². The molecule has 0 aromatic heterocycles. The number of nitrogens with zero attached hydrogens (tertiary/aromatic N) is 2. The second-order valence-corrected chi connectivity index (χ2v) is 8.97. The Morgan fingerprint density at radius 2 is 2.00 bits per heavy atom. The van der Waals surface area contributed by atoms with Gasteiger partial charge in [-0.2, -0.15) is 4.31 Å². The van der Waals surface area contributed by atoms with Gasteiger partial charge in [0, 0.05) is 31.7 Å². The van der Waals surface area contributed by atoms with Crippen LogP contribution in [0.2, 0.25) is 0 Å². The van der Waals surface area contributed by atoms with Crippen molar-refractivity contribution in [2.75, 3.05) is 25.9 Å². The van der Waals surface area contributed by atoms with Crippen LogP contribution in [-0.2, 0) is 16.4 Å². The molecule has 3 aliphatic heterocycles. The maximum atomic E-state index is 12.2. The van der Waals surface area contributed by atoms with E-state index < -0.39 is 10.0 Å². The molecule has 2 saturated heterocycles. The van der Waals surface area contributed by atoms with Gasteiger partial charge in [0.25, 0.3) is 0 Å². The molecule has 0 aliphatic carbocycles. The van der Waals surface area contributed by atoms with Crippen LogP contribution in [0.3, 0.4) is 0 Å². The molecular weight excluding hydrogens is 296 g/mol. The lowest BCUT2D eigenvalue weighted by Gasteiger charge is -2.51. The molecule has 120 valence electrons. The van der Waals surface area contributed by atoms with Gasteiger partial charge in [-0.05, 0) is 42.7 Å². The minimum atomic E-state index is -3.10. The van der Waals surface area contributed by atoms with Gasteiger partial charge in [0.2, 0.25) is 10.0 Å². The SMILES string of the molecule is CS(=O)(=O)N1CCC[C@H]2CN3CCc4ccccc4[C@@H]3C[C@H]21. The van der Waals surface area contributed by atoms with E-state index in [0.717, 1.165) is 32.4 Å². The number of rotatable bonds is 1. The molecule has 0 saturated carbocycles. The lowest BCUT2D eigenvalue weighted by Crippen LogP contribution is -2.57. The summed E-state index contributed by atoms with van der Waals surface area (Å²) in [5, 5.41) is 0. The van der Waals surface area contributed by atoms with Gasteiger partial charge in [0.1, 0.15) is 0 Å². The normalized spacial score (nSPS) is 32.9. The van der Waals surface area contributed by atoms with Crippen LogP contribution in [0.25, 0.3) is 0 Å². The Labute approximate surface area is 133 Å². The fourth-order valence-corrected chi connectivity index (χ4v) is 5.98. The van der Waals surface area contributed by atoms with Gasteiger partial charge < -0.3 is 0 Å². The Kier molecular flexibility index (Phi) is 3.55. The summed E-state index contributed by atoms with van der Waals surface area (Å²) < 4.78 is 26.1. The summed E-state index contributed by atoms with van der Waals surface area (Å²) >= 11 is 0. The largest absolute Gasteiger partial charge is 0.296 e. The molecule has 0 spiro atoms. The van der Waals surface area contributed by atoms with Gasteiger partial charge in [-0.1, -0.05) is 24.3 Å². The molecular formula is C17H24N2O2S. The standard InChI is InChI=1S/C17H24N2O2S/c1-22(20,21)19-9-4-6-14-12-18-10-8-13-5-2-3-7-15(13)17(18)11-16(14)19/h2-3,5,7,14,16-17H,4,6,8-12H2,1H3/t14-,16+,17-/m0/s1. The Balaban J connectivity index is 1.67. The number of fused-ring (bicyclic) bond motifs is 4. The minimum Gasteiger partial charge on any atom is -0.296 e. The summed E-state index contributed by atoms with van der Waals surface area (Å²) in [7, 11) is -3.10. The lowest BCUT2D eigenvalue weighted by molar-refractivity contribution is 0.0222. The van der Waals surface area contributed by atoms with Crippen LogP contribution in [0, 0.1) is 5.92 Å². The average Bonchev–Trinajstić information content (AvgIpc) is 2.51. The topological polar surface area (TPSA) is 40.6 Å². The van der Waals surface area contributed by atoms with Crippen molar-refractivity contribution in [2.45, 2.75) is 37.8 Å². The number of sulfonamides is 1. The highest BCUT2D eigenvalue weighted by Gasteiger charge is 2.44.